The predicted molar refractivity (Wildman–Crippen MR) is 74.4 cm³/mol. The minimum atomic E-state index is 0.216. The first-order chi connectivity index (χ1) is 8.19. The number of allylic oxidation sites excluding steroid dienone is 1. The van der Waals surface area contributed by atoms with Crippen LogP contribution in [-0.4, -0.2) is 23.5 Å². The van der Waals surface area contributed by atoms with Crippen LogP contribution in [0.4, 0.5) is 0 Å². The highest BCUT2D eigenvalue weighted by Crippen LogP contribution is 2.21. The number of nitrogens with zero attached hydrogens (tertiary/aromatic N) is 1. The second-order valence-corrected chi connectivity index (χ2v) is 3.71. The van der Waals surface area contributed by atoms with E-state index in [0.29, 0.717) is 17.1 Å². The van der Waals surface area contributed by atoms with Crippen molar-refractivity contribution in [2.75, 3.05) is 7.05 Å². The molecule has 1 rings (SSSR count). The molecule has 0 bridgehead atoms. The molecule has 4 nitrogen and oxygen atoms in total. The van der Waals surface area contributed by atoms with Gasteiger partial charge in [-0.25, -0.2) is 0 Å². The fourth-order valence-electron chi connectivity index (χ4n) is 1.25. The van der Waals surface area contributed by atoms with Gasteiger partial charge in [0, 0.05) is 12.6 Å². The van der Waals surface area contributed by atoms with E-state index in [0.717, 1.165) is 5.56 Å². The second-order valence-electron chi connectivity index (χ2n) is 3.30. The standard InChI is InChI=1S/C12H15N3OS/c1-3-5-9-6-4-7-10(11(9)16)8-14-15-12(17)13-2/h3-4,6-8,16H,1,5H2,2H3,(H2,13,15,17)/b14-8+. The molecular weight excluding hydrogens is 234 g/mol. The lowest BCUT2D eigenvalue weighted by Gasteiger charge is -2.05. The first kappa shape index (κ1) is 13.2. The van der Waals surface area contributed by atoms with Gasteiger partial charge in [0.1, 0.15) is 5.75 Å². The zero-order valence-corrected chi connectivity index (χ0v) is 10.4. The third-order valence-corrected chi connectivity index (χ3v) is 2.41. The summed E-state index contributed by atoms with van der Waals surface area (Å²) in [7, 11) is 1.70. The summed E-state index contributed by atoms with van der Waals surface area (Å²) >= 11 is 4.86. The van der Waals surface area contributed by atoms with Gasteiger partial charge in [-0.05, 0) is 30.3 Å². The van der Waals surface area contributed by atoms with Gasteiger partial charge < -0.3 is 10.4 Å². The van der Waals surface area contributed by atoms with E-state index in [1.165, 1.54) is 6.21 Å². The highest BCUT2D eigenvalue weighted by atomic mass is 32.1. The van der Waals surface area contributed by atoms with Crippen LogP contribution in [0, 0.1) is 0 Å². The molecule has 1 aromatic carbocycles. The zero-order chi connectivity index (χ0) is 12.7. The third-order valence-electron chi connectivity index (χ3n) is 2.11. The molecule has 0 aliphatic heterocycles. The van der Waals surface area contributed by atoms with Crippen molar-refractivity contribution in [2.24, 2.45) is 5.10 Å². The lowest BCUT2D eigenvalue weighted by molar-refractivity contribution is 0.469. The van der Waals surface area contributed by atoms with Crippen LogP contribution in [0.15, 0.2) is 36.0 Å². The highest BCUT2D eigenvalue weighted by molar-refractivity contribution is 7.80. The van der Waals surface area contributed by atoms with E-state index in [4.69, 9.17) is 12.2 Å². The molecule has 0 atom stereocenters. The minimum Gasteiger partial charge on any atom is -0.507 e. The van der Waals surface area contributed by atoms with Crippen molar-refractivity contribution in [3.05, 3.63) is 42.0 Å². The average molecular weight is 249 g/mol. The van der Waals surface area contributed by atoms with E-state index in [2.05, 4.69) is 22.4 Å². The highest BCUT2D eigenvalue weighted by Gasteiger charge is 2.03. The molecule has 0 aromatic heterocycles. The van der Waals surface area contributed by atoms with E-state index < -0.39 is 0 Å². The van der Waals surface area contributed by atoms with Crippen molar-refractivity contribution < 1.29 is 5.11 Å². The molecule has 0 radical (unpaired) electrons. The Morgan fingerprint density at radius 3 is 3.00 bits per heavy atom. The number of hydrogen-bond acceptors (Lipinski definition) is 3. The lowest BCUT2D eigenvalue weighted by atomic mass is 10.1. The van der Waals surface area contributed by atoms with Crippen LogP contribution >= 0.6 is 12.2 Å². The molecule has 0 saturated heterocycles. The minimum absolute atomic E-state index is 0.216. The monoisotopic (exact) mass is 249 g/mol. The summed E-state index contributed by atoms with van der Waals surface area (Å²) in [6.45, 7) is 3.64. The van der Waals surface area contributed by atoms with E-state index in [-0.39, 0.29) is 5.75 Å². The number of rotatable bonds is 4. The molecule has 0 fully saturated rings. The van der Waals surface area contributed by atoms with Crippen molar-refractivity contribution >= 4 is 23.5 Å². The number of hydrazone groups is 1. The number of phenolic OH excluding ortho intramolecular Hbond substituents is 1. The number of hydrogen-bond donors (Lipinski definition) is 3. The Hall–Kier alpha value is -1.88. The molecule has 5 heteroatoms. The Kier molecular flexibility index (Phi) is 5.16. The van der Waals surface area contributed by atoms with Gasteiger partial charge in [0.15, 0.2) is 5.11 Å². The molecule has 0 amide bonds. The fourth-order valence-corrected chi connectivity index (χ4v) is 1.30. The van der Waals surface area contributed by atoms with Gasteiger partial charge >= 0.3 is 0 Å². The lowest BCUT2D eigenvalue weighted by Crippen LogP contribution is -2.28. The Balaban J connectivity index is 2.80. The second kappa shape index (κ2) is 6.65. The summed E-state index contributed by atoms with van der Waals surface area (Å²) in [6.07, 6.45) is 3.88. The van der Waals surface area contributed by atoms with Crippen molar-refractivity contribution in [2.45, 2.75) is 6.42 Å². The predicted octanol–water partition coefficient (Wildman–Crippen LogP) is 1.55. The Bertz CT molecular complexity index is 443. The number of benzene rings is 1. The molecule has 0 aliphatic rings. The van der Waals surface area contributed by atoms with Crippen LogP contribution in [0.3, 0.4) is 0 Å². The number of aromatic hydroxyl groups is 1. The first-order valence-corrected chi connectivity index (χ1v) is 5.52. The van der Waals surface area contributed by atoms with Crippen molar-refractivity contribution in [1.82, 2.24) is 10.7 Å². The van der Waals surface area contributed by atoms with Gasteiger partial charge in [-0.15, -0.1) is 6.58 Å². The van der Waals surface area contributed by atoms with Crippen LogP contribution in [0.25, 0.3) is 0 Å². The van der Waals surface area contributed by atoms with Crippen LogP contribution in [0.5, 0.6) is 5.75 Å². The van der Waals surface area contributed by atoms with Crippen molar-refractivity contribution in [3.8, 4) is 5.75 Å². The first-order valence-electron chi connectivity index (χ1n) is 5.11. The number of nitrogens with one attached hydrogen (secondary N) is 2. The number of thiocarbonyl (C=S) groups is 1. The summed E-state index contributed by atoms with van der Waals surface area (Å²) in [5.41, 5.74) is 4.07. The van der Waals surface area contributed by atoms with Crippen molar-refractivity contribution in [1.29, 1.82) is 0 Å². The van der Waals surface area contributed by atoms with Crippen LogP contribution < -0.4 is 10.7 Å². The van der Waals surface area contributed by atoms with E-state index in [1.807, 2.05) is 12.1 Å². The van der Waals surface area contributed by atoms with Crippen LogP contribution in [0.2, 0.25) is 0 Å². The summed E-state index contributed by atoms with van der Waals surface area (Å²) in [5, 5.41) is 17.0. The van der Waals surface area contributed by atoms with Crippen LogP contribution in [0.1, 0.15) is 11.1 Å². The van der Waals surface area contributed by atoms with Gasteiger partial charge in [-0.2, -0.15) is 5.10 Å². The van der Waals surface area contributed by atoms with Gasteiger partial charge in [0.2, 0.25) is 0 Å². The van der Waals surface area contributed by atoms with E-state index >= 15 is 0 Å². The average Bonchev–Trinajstić information content (AvgIpc) is 2.33. The third kappa shape index (κ3) is 3.88. The summed E-state index contributed by atoms with van der Waals surface area (Å²) in [5.74, 6) is 0.216. The molecule has 90 valence electrons. The van der Waals surface area contributed by atoms with Gasteiger partial charge in [-0.3, -0.25) is 5.43 Å². The number of phenols is 1. The van der Waals surface area contributed by atoms with Crippen LogP contribution in [-0.2, 0) is 6.42 Å². The Morgan fingerprint density at radius 1 is 1.59 bits per heavy atom. The fraction of sp³-hybridized carbons (Fsp3) is 0.167. The summed E-state index contributed by atoms with van der Waals surface area (Å²) < 4.78 is 0. The molecule has 0 spiro atoms. The molecule has 1 aromatic rings. The molecule has 17 heavy (non-hydrogen) atoms. The summed E-state index contributed by atoms with van der Waals surface area (Å²) in [4.78, 5) is 0. The van der Waals surface area contributed by atoms with Gasteiger partial charge in [0.05, 0.1) is 6.21 Å². The van der Waals surface area contributed by atoms with Gasteiger partial charge in [0.25, 0.3) is 0 Å². The maximum Gasteiger partial charge on any atom is 0.186 e. The molecule has 0 aliphatic carbocycles. The number of para-hydroxylation sites is 1. The molecule has 3 N–H and O–H groups in total. The maximum atomic E-state index is 9.93. The maximum absolute atomic E-state index is 9.93. The smallest absolute Gasteiger partial charge is 0.186 e. The molecule has 0 saturated carbocycles. The van der Waals surface area contributed by atoms with E-state index in [9.17, 15) is 5.11 Å². The van der Waals surface area contributed by atoms with E-state index in [1.54, 1.807) is 19.2 Å². The molecule has 0 unspecified atom stereocenters. The normalized spacial score (nSPS) is 10.2. The zero-order valence-electron chi connectivity index (χ0n) is 9.60. The largest absolute Gasteiger partial charge is 0.507 e. The SMILES string of the molecule is C=CCc1cccc(/C=N/NC(=S)NC)c1O. The Morgan fingerprint density at radius 2 is 2.35 bits per heavy atom. The van der Waals surface area contributed by atoms with Crippen molar-refractivity contribution in [3.63, 3.8) is 0 Å². The molecule has 0 heterocycles. The molecular formula is C12H15N3OS. The Labute approximate surface area is 106 Å². The van der Waals surface area contributed by atoms with Gasteiger partial charge in [-0.1, -0.05) is 18.2 Å². The topological polar surface area (TPSA) is 56.7 Å². The quantitative estimate of drug-likeness (QED) is 0.328. The summed E-state index contributed by atoms with van der Waals surface area (Å²) in [6, 6.07) is 5.48.